The van der Waals surface area contributed by atoms with Gasteiger partial charge in [0, 0.05) is 6.61 Å². The predicted molar refractivity (Wildman–Crippen MR) is 76.7 cm³/mol. The van der Waals surface area contributed by atoms with E-state index in [9.17, 15) is 0 Å². The van der Waals surface area contributed by atoms with E-state index in [1.165, 1.54) is 18.1 Å². The topological polar surface area (TPSA) is 60.7 Å². The lowest BCUT2D eigenvalue weighted by molar-refractivity contribution is 0.110. The first-order chi connectivity index (χ1) is 8.49. The molecule has 1 aromatic carbocycles. The highest BCUT2D eigenvalue weighted by atomic mass is 16.3. The Balaban J connectivity index is 0. The summed E-state index contributed by atoms with van der Waals surface area (Å²) in [6, 6.07) is 8.36. The molecule has 1 unspecified atom stereocenters. The van der Waals surface area contributed by atoms with E-state index < -0.39 is 6.10 Å². The standard InChI is InChI=1S/C8H10.C4H10O.C3H8O2/c1-7-5-3-4-6-8(7)2;1-2-3-4-5;1-3(5)2-4/h3-6H,1-2H3;5H,2-4H2,1H3;3-5H,2H2,1H3. The number of unbranched alkanes of at least 4 members (excludes halogenated alkanes) is 1. The Bertz CT molecular complexity index is 249. The van der Waals surface area contributed by atoms with Crippen LogP contribution in [0.25, 0.3) is 0 Å². The van der Waals surface area contributed by atoms with Crippen molar-refractivity contribution in [2.45, 2.75) is 46.6 Å². The van der Waals surface area contributed by atoms with Crippen molar-refractivity contribution in [2.24, 2.45) is 0 Å². The molecule has 0 aliphatic carbocycles. The lowest BCUT2D eigenvalue weighted by Gasteiger charge is -1.93. The number of benzene rings is 1. The van der Waals surface area contributed by atoms with Gasteiger partial charge in [0.25, 0.3) is 0 Å². The predicted octanol–water partition coefficient (Wildman–Crippen LogP) is 2.44. The second-order valence-corrected chi connectivity index (χ2v) is 4.19. The van der Waals surface area contributed by atoms with Gasteiger partial charge < -0.3 is 15.3 Å². The first kappa shape index (κ1) is 19.4. The summed E-state index contributed by atoms with van der Waals surface area (Å²) in [4.78, 5) is 0. The third-order valence-corrected chi connectivity index (χ3v) is 2.20. The molecule has 0 spiro atoms. The molecule has 1 rings (SSSR count). The zero-order chi connectivity index (χ0) is 14.4. The highest BCUT2D eigenvalue weighted by Gasteiger charge is 1.84. The summed E-state index contributed by atoms with van der Waals surface area (Å²) in [6.07, 6.45) is 1.48. The van der Waals surface area contributed by atoms with Crippen molar-refractivity contribution in [3.63, 3.8) is 0 Å². The van der Waals surface area contributed by atoms with E-state index in [1.54, 1.807) is 0 Å². The smallest absolute Gasteiger partial charge is 0.0742 e. The van der Waals surface area contributed by atoms with Crippen LogP contribution >= 0.6 is 0 Å². The maximum atomic E-state index is 8.11. The van der Waals surface area contributed by atoms with E-state index in [1.807, 2.05) is 0 Å². The van der Waals surface area contributed by atoms with E-state index in [2.05, 4.69) is 45.0 Å². The van der Waals surface area contributed by atoms with Crippen molar-refractivity contribution < 1.29 is 15.3 Å². The van der Waals surface area contributed by atoms with Gasteiger partial charge in [0.05, 0.1) is 12.7 Å². The summed E-state index contributed by atoms with van der Waals surface area (Å²) in [5.74, 6) is 0. The van der Waals surface area contributed by atoms with Crippen molar-refractivity contribution in [3.05, 3.63) is 35.4 Å². The molecule has 0 aliphatic rings. The van der Waals surface area contributed by atoms with E-state index >= 15 is 0 Å². The maximum absolute atomic E-state index is 8.11. The van der Waals surface area contributed by atoms with Crippen LogP contribution < -0.4 is 0 Å². The average Bonchev–Trinajstić information content (AvgIpc) is 2.35. The molecule has 3 heteroatoms. The second kappa shape index (κ2) is 14.2. The molecule has 0 fully saturated rings. The molecule has 0 saturated carbocycles. The molecule has 1 atom stereocenters. The van der Waals surface area contributed by atoms with Gasteiger partial charge in [-0.1, -0.05) is 37.6 Å². The molecular formula is C15H28O3. The van der Waals surface area contributed by atoms with E-state index in [4.69, 9.17) is 15.3 Å². The summed E-state index contributed by atoms with van der Waals surface area (Å²) in [6.45, 7) is 8.03. The fourth-order valence-electron chi connectivity index (χ4n) is 0.821. The largest absolute Gasteiger partial charge is 0.396 e. The van der Waals surface area contributed by atoms with Crippen molar-refractivity contribution in [1.82, 2.24) is 0 Å². The lowest BCUT2D eigenvalue weighted by atomic mass is 10.1. The van der Waals surface area contributed by atoms with Gasteiger partial charge >= 0.3 is 0 Å². The Kier molecular flexibility index (Phi) is 15.3. The molecule has 0 radical (unpaired) electrons. The molecule has 0 aliphatic heterocycles. The molecule has 106 valence electrons. The molecule has 0 heterocycles. The third kappa shape index (κ3) is 15.1. The Morgan fingerprint density at radius 2 is 1.44 bits per heavy atom. The van der Waals surface area contributed by atoms with Gasteiger partial charge in [-0.2, -0.15) is 0 Å². The van der Waals surface area contributed by atoms with Crippen LogP contribution in [0.15, 0.2) is 24.3 Å². The van der Waals surface area contributed by atoms with Crippen LogP contribution in [0.1, 0.15) is 37.8 Å². The number of aryl methyl sites for hydroxylation is 2. The van der Waals surface area contributed by atoms with Crippen LogP contribution in [0.5, 0.6) is 0 Å². The molecule has 0 saturated heterocycles. The van der Waals surface area contributed by atoms with Gasteiger partial charge in [-0.3, -0.25) is 0 Å². The van der Waals surface area contributed by atoms with Crippen LogP contribution in [-0.2, 0) is 0 Å². The van der Waals surface area contributed by atoms with Gasteiger partial charge in [0.2, 0.25) is 0 Å². The minimum absolute atomic E-state index is 0.139. The fraction of sp³-hybridized carbons (Fsp3) is 0.600. The van der Waals surface area contributed by atoms with Crippen molar-refractivity contribution in [2.75, 3.05) is 13.2 Å². The van der Waals surface area contributed by atoms with Crippen LogP contribution in [-0.4, -0.2) is 34.6 Å². The van der Waals surface area contributed by atoms with Crippen molar-refractivity contribution in [3.8, 4) is 0 Å². The number of aliphatic hydroxyl groups excluding tert-OH is 3. The van der Waals surface area contributed by atoms with Crippen LogP contribution in [0.3, 0.4) is 0 Å². The minimum atomic E-state index is -0.560. The van der Waals surface area contributed by atoms with E-state index in [0.717, 1.165) is 12.8 Å². The number of hydrogen-bond acceptors (Lipinski definition) is 3. The molecule has 1 aromatic rings. The minimum Gasteiger partial charge on any atom is -0.396 e. The van der Waals surface area contributed by atoms with Crippen molar-refractivity contribution >= 4 is 0 Å². The normalized spacial score (nSPS) is 10.6. The van der Waals surface area contributed by atoms with E-state index in [-0.39, 0.29) is 6.61 Å². The quantitative estimate of drug-likeness (QED) is 0.778. The number of rotatable bonds is 3. The molecule has 3 N–H and O–H groups in total. The fourth-order valence-corrected chi connectivity index (χ4v) is 0.821. The monoisotopic (exact) mass is 256 g/mol. The summed E-state index contributed by atoms with van der Waals surface area (Å²) in [7, 11) is 0. The first-order valence-corrected chi connectivity index (χ1v) is 6.41. The zero-order valence-electron chi connectivity index (χ0n) is 12.1. The number of aliphatic hydroxyl groups is 3. The van der Waals surface area contributed by atoms with Crippen molar-refractivity contribution in [1.29, 1.82) is 0 Å². The molecule has 0 bridgehead atoms. The average molecular weight is 256 g/mol. The van der Waals surface area contributed by atoms with Gasteiger partial charge in [-0.15, -0.1) is 0 Å². The van der Waals surface area contributed by atoms with Gasteiger partial charge in [-0.25, -0.2) is 0 Å². The van der Waals surface area contributed by atoms with Crippen LogP contribution in [0.4, 0.5) is 0 Å². The van der Waals surface area contributed by atoms with Gasteiger partial charge in [-0.05, 0) is 38.3 Å². The maximum Gasteiger partial charge on any atom is 0.0742 e. The molecule has 0 aromatic heterocycles. The molecular weight excluding hydrogens is 228 g/mol. The third-order valence-electron chi connectivity index (χ3n) is 2.20. The molecule has 3 nitrogen and oxygen atoms in total. The van der Waals surface area contributed by atoms with E-state index in [0.29, 0.717) is 6.61 Å². The Morgan fingerprint density at radius 1 is 1.06 bits per heavy atom. The Labute approximate surface area is 111 Å². The summed E-state index contributed by atoms with van der Waals surface area (Å²) in [5, 5.41) is 24.1. The zero-order valence-corrected chi connectivity index (χ0v) is 12.1. The molecule has 0 amide bonds. The summed E-state index contributed by atoms with van der Waals surface area (Å²) in [5.41, 5.74) is 2.74. The van der Waals surface area contributed by atoms with Crippen LogP contribution in [0, 0.1) is 13.8 Å². The molecule has 18 heavy (non-hydrogen) atoms. The first-order valence-electron chi connectivity index (χ1n) is 6.41. The highest BCUT2D eigenvalue weighted by Crippen LogP contribution is 2.02. The Morgan fingerprint density at radius 3 is 1.56 bits per heavy atom. The summed E-state index contributed by atoms with van der Waals surface area (Å²) < 4.78 is 0. The lowest BCUT2D eigenvalue weighted by Crippen LogP contribution is -2.03. The van der Waals surface area contributed by atoms with Gasteiger partial charge in [0.1, 0.15) is 0 Å². The second-order valence-electron chi connectivity index (χ2n) is 4.19. The SMILES string of the molecule is CC(O)CO.CCCCO.Cc1ccccc1C. The Hall–Kier alpha value is -0.900. The summed E-state index contributed by atoms with van der Waals surface area (Å²) >= 11 is 0. The van der Waals surface area contributed by atoms with Gasteiger partial charge in [0.15, 0.2) is 0 Å². The number of hydrogen-bond donors (Lipinski definition) is 3. The van der Waals surface area contributed by atoms with Crippen LogP contribution in [0.2, 0.25) is 0 Å². The highest BCUT2D eigenvalue weighted by molar-refractivity contribution is 5.23.